The van der Waals surface area contributed by atoms with E-state index in [0.717, 1.165) is 24.4 Å². The van der Waals surface area contributed by atoms with Crippen molar-refractivity contribution in [3.8, 4) is 0 Å². The molecule has 2 rings (SSSR count). The molecule has 1 saturated heterocycles. The molecule has 6 heteroatoms. The van der Waals surface area contributed by atoms with Gasteiger partial charge in [0.1, 0.15) is 0 Å². The lowest BCUT2D eigenvalue weighted by molar-refractivity contribution is -0.130. The molecule has 0 radical (unpaired) electrons. The molecule has 1 N–H and O–H groups in total. The fourth-order valence-corrected chi connectivity index (χ4v) is 2.96. The Labute approximate surface area is 103 Å². The van der Waals surface area contributed by atoms with Crippen LogP contribution < -0.4 is 0 Å². The minimum Gasteiger partial charge on any atom is -0.476 e. The van der Waals surface area contributed by atoms with Gasteiger partial charge in [0.15, 0.2) is 5.69 Å². The first kappa shape index (κ1) is 12.0. The molecular weight excluding hydrogens is 240 g/mol. The number of hydrogen-bond donors (Lipinski definition) is 1. The molecule has 1 atom stereocenters. The summed E-state index contributed by atoms with van der Waals surface area (Å²) in [6, 6.07) is 0. The van der Waals surface area contributed by atoms with Crippen molar-refractivity contribution < 1.29 is 14.7 Å². The molecule has 1 unspecified atom stereocenters. The molecule has 1 fully saturated rings. The van der Waals surface area contributed by atoms with Gasteiger partial charge in [0, 0.05) is 31.3 Å². The van der Waals surface area contributed by atoms with E-state index >= 15 is 0 Å². The van der Waals surface area contributed by atoms with Crippen LogP contribution in [0, 0.1) is 0 Å². The summed E-state index contributed by atoms with van der Waals surface area (Å²) in [5.41, 5.74) is 0.102. The summed E-state index contributed by atoms with van der Waals surface area (Å²) in [5.74, 6) is -0.734. The number of thiazole rings is 1. The third-order valence-corrected chi connectivity index (χ3v) is 3.96. The number of carboxylic acid groups (broad SMARTS) is 1. The summed E-state index contributed by atoms with van der Waals surface area (Å²) < 4.78 is 0. The fourth-order valence-electron chi connectivity index (χ4n) is 2.04. The van der Waals surface area contributed by atoms with E-state index in [2.05, 4.69) is 4.98 Å². The smallest absolute Gasteiger partial charge is 0.355 e. The van der Waals surface area contributed by atoms with E-state index in [1.54, 1.807) is 17.2 Å². The number of likely N-dealkylation sites (tertiary alicyclic amines) is 1. The maximum absolute atomic E-state index is 11.3. The quantitative estimate of drug-likeness (QED) is 0.869. The van der Waals surface area contributed by atoms with E-state index in [0.29, 0.717) is 6.54 Å². The Morgan fingerprint density at radius 2 is 2.35 bits per heavy atom. The fraction of sp³-hybridized carbons (Fsp3) is 0.545. The van der Waals surface area contributed by atoms with Gasteiger partial charge in [-0.1, -0.05) is 0 Å². The van der Waals surface area contributed by atoms with E-state index in [1.807, 2.05) is 0 Å². The number of nitrogens with zero attached hydrogens (tertiary/aromatic N) is 2. The number of aromatic nitrogens is 1. The molecule has 0 spiro atoms. The van der Waals surface area contributed by atoms with Crippen LogP contribution in [0.15, 0.2) is 5.38 Å². The van der Waals surface area contributed by atoms with Gasteiger partial charge in [-0.15, -0.1) is 11.3 Å². The molecule has 2 heterocycles. The molecule has 1 aromatic rings. The summed E-state index contributed by atoms with van der Waals surface area (Å²) in [7, 11) is 0. The van der Waals surface area contributed by atoms with Crippen molar-refractivity contribution in [2.75, 3.05) is 13.1 Å². The number of hydrogen-bond acceptors (Lipinski definition) is 4. The second-order valence-electron chi connectivity index (χ2n) is 4.18. The highest BCUT2D eigenvalue weighted by molar-refractivity contribution is 7.09. The van der Waals surface area contributed by atoms with Gasteiger partial charge in [-0.2, -0.15) is 0 Å². The Bertz CT molecular complexity index is 444. The number of carboxylic acids is 1. The van der Waals surface area contributed by atoms with Gasteiger partial charge in [0.2, 0.25) is 5.91 Å². The predicted molar refractivity (Wildman–Crippen MR) is 63.3 cm³/mol. The highest BCUT2D eigenvalue weighted by Crippen LogP contribution is 2.29. The minimum absolute atomic E-state index is 0.0738. The molecule has 0 aliphatic carbocycles. The number of carbonyl (C=O) groups is 2. The predicted octanol–water partition coefficient (Wildman–Crippen LogP) is 1.57. The second kappa shape index (κ2) is 4.83. The van der Waals surface area contributed by atoms with Crippen LogP contribution in [-0.2, 0) is 4.79 Å². The first-order valence-corrected chi connectivity index (χ1v) is 6.40. The zero-order valence-corrected chi connectivity index (χ0v) is 10.4. The highest BCUT2D eigenvalue weighted by Gasteiger charge is 2.25. The number of carbonyl (C=O) groups excluding carboxylic acids is 1. The minimum atomic E-state index is -0.994. The first-order valence-electron chi connectivity index (χ1n) is 5.52. The van der Waals surface area contributed by atoms with Gasteiger partial charge in [-0.05, 0) is 12.8 Å². The molecular formula is C11H14N2O3S. The van der Waals surface area contributed by atoms with E-state index in [1.165, 1.54) is 11.3 Å². The lowest BCUT2D eigenvalue weighted by Crippen LogP contribution is -2.37. The van der Waals surface area contributed by atoms with Crippen LogP contribution in [-0.4, -0.2) is 40.0 Å². The van der Waals surface area contributed by atoms with Crippen molar-refractivity contribution >= 4 is 23.2 Å². The Kier molecular flexibility index (Phi) is 3.42. The molecule has 1 amide bonds. The van der Waals surface area contributed by atoms with Gasteiger partial charge in [0.05, 0.1) is 5.01 Å². The van der Waals surface area contributed by atoms with Crippen LogP contribution in [0.25, 0.3) is 0 Å². The van der Waals surface area contributed by atoms with Crippen LogP contribution in [0.3, 0.4) is 0 Å². The monoisotopic (exact) mass is 254 g/mol. The second-order valence-corrected chi connectivity index (χ2v) is 5.07. The molecule has 5 nitrogen and oxygen atoms in total. The summed E-state index contributed by atoms with van der Waals surface area (Å²) >= 11 is 1.37. The van der Waals surface area contributed by atoms with Crippen molar-refractivity contribution in [3.05, 3.63) is 16.1 Å². The van der Waals surface area contributed by atoms with Crippen molar-refractivity contribution in [2.45, 2.75) is 25.7 Å². The van der Waals surface area contributed by atoms with Crippen molar-refractivity contribution in [3.63, 3.8) is 0 Å². The van der Waals surface area contributed by atoms with Crippen LogP contribution in [0.5, 0.6) is 0 Å². The zero-order valence-electron chi connectivity index (χ0n) is 9.55. The van der Waals surface area contributed by atoms with Gasteiger partial charge < -0.3 is 10.0 Å². The van der Waals surface area contributed by atoms with E-state index in [-0.39, 0.29) is 17.5 Å². The summed E-state index contributed by atoms with van der Waals surface area (Å²) in [6.07, 6.45) is 1.92. The van der Waals surface area contributed by atoms with Gasteiger partial charge in [0.25, 0.3) is 0 Å². The largest absolute Gasteiger partial charge is 0.476 e. The molecule has 0 bridgehead atoms. The van der Waals surface area contributed by atoms with Crippen molar-refractivity contribution in [1.29, 1.82) is 0 Å². The molecule has 1 aliphatic rings. The third-order valence-electron chi connectivity index (χ3n) is 2.96. The molecule has 0 saturated carbocycles. The van der Waals surface area contributed by atoms with Crippen LogP contribution in [0.4, 0.5) is 0 Å². The Morgan fingerprint density at radius 3 is 2.94 bits per heavy atom. The highest BCUT2D eigenvalue weighted by atomic mass is 32.1. The number of aromatic carboxylic acids is 1. The number of rotatable bonds is 2. The molecule has 92 valence electrons. The summed E-state index contributed by atoms with van der Waals surface area (Å²) in [4.78, 5) is 28.0. The standard InChI is InChI=1S/C11H14N2O3S/c1-7(14)13-4-2-3-8(5-13)10-12-9(6-17-10)11(15)16/h6,8H,2-5H2,1H3,(H,15,16). The van der Waals surface area contributed by atoms with Gasteiger partial charge in [-0.3, -0.25) is 4.79 Å². The van der Waals surface area contributed by atoms with Crippen LogP contribution in [0.1, 0.15) is 41.2 Å². The van der Waals surface area contributed by atoms with Crippen molar-refractivity contribution in [1.82, 2.24) is 9.88 Å². The maximum Gasteiger partial charge on any atom is 0.355 e. The topological polar surface area (TPSA) is 70.5 Å². The first-order chi connectivity index (χ1) is 8.08. The SMILES string of the molecule is CC(=O)N1CCCC(c2nc(C(=O)O)cs2)C1. The zero-order chi connectivity index (χ0) is 12.4. The Hall–Kier alpha value is -1.43. The van der Waals surface area contributed by atoms with E-state index in [9.17, 15) is 9.59 Å². The maximum atomic E-state index is 11.3. The number of piperidine rings is 1. The molecule has 1 aliphatic heterocycles. The third kappa shape index (κ3) is 2.63. The molecule has 1 aromatic heterocycles. The van der Waals surface area contributed by atoms with Crippen molar-refractivity contribution in [2.24, 2.45) is 0 Å². The normalized spacial score (nSPS) is 20.3. The Morgan fingerprint density at radius 1 is 1.59 bits per heavy atom. The number of amides is 1. The molecule has 0 aromatic carbocycles. The van der Waals surface area contributed by atoms with Crippen LogP contribution >= 0.6 is 11.3 Å². The molecule has 17 heavy (non-hydrogen) atoms. The van der Waals surface area contributed by atoms with E-state index < -0.39 is 5.97 Å². The average Bonchev–Trinajstić information content (AvgIpc) is 2.78. The van der Waals surface area contributed by atoms with Gasteiger partial charge in [-0.25, -0.2) is 9.78 Å². The Balaban J connectivity index is 2.10. The van der Waals surface area contributed by atoms with E-state index in [4.69, 9.17) is 5.11 Å². The lowest BCUT2D eigenvalue weighted by Gasteiger charge is -2.30. The van der Waals surface area contributed by atoms with Crippen LogP contribution in [0.2, 0.25) is 0 Å². The lowest BCUT2D eigenvalue weighted by atomic mass is 9.99. The summed E-state index contributed by atoms with van der Waals surface area (Å²) in [5, 5.41) is 11.2. The van der Waals surface area contributed by atoms with Gasteiger partial charge >= 0.3 is 5.97 Å². The average molecular weight is 254 g/mol. The summed E-state index contributed by atoms with van der Waals surface area (Å²) in [6.45, 7) is 3.01.